The summed E-state index contributed by atoms with van der Waals surface area (Å²) in [6.07, 6.45) is 6.46. The van der Waals surface area contributed by atoms with Crippen molar-refractivity contribution in [1.82, 2.24) is 5.32 Å². The fourth-order valence-corrected chi connectivity index (χ4v) is 2.27. The molecule has 0 aromatic rings. The maximum atomic E-state index is 10.9. The van der Waals surface area contributed by atoms with Gasteiger partial charge in [0.15, 0.2) is 0 Å². The summed E-state index contributed by atoms with van der Waals surface area (Å²) < 4.78 is 10.9. The molecule has 86 valence electrons. The van der Waals surface area contributed by atoms with Crippen molar-refractivity contribution in [3.8, 4) is 0 Å². The van der Waals surface area contributed by atoms with Crippen molar-refractivity contribution in [3.63, 3.8) is 0 Å². The molecule has 0 aromatic heterocycles. The zero-order valence-electron chi connectivity index (χ0n) is 10.0. The van der Waals surface area contributed by atoms with Crippen LogP contribution in [0.5, 0.6) is 0 Å². The van der Waals surface area contributed by atoms with Crippen LogP contribution in [-0.2, 0) is 10.8 Å². The van der Waals surface area contributed by atoms with E-state index < -0.39 is 10.8 Å². The van der Waals surface area contributed by atoms with Crippen LogP contribution in [0.25, 0.3) is 0 Å². The summed E-state index contributed by atoms with van der Waals surface area (Å²) in [4.78, 5) is 0. The molecule has 0 saturated heterocycles. The van der Waals surface area contributed by atoms with E-state index in [1.807, 2.05) is 0 Å². The van der Waals surface area contributed by atoms with Crippen LogP contribution in [0.3, 0.4) is 0 Å². The first kappa shape index (κ1) is 14.1. The fourth-order valence-electron chi connectivity index (χ4n) is 1.58. The predicted octanol–water partition coefficient (Wildman–Crippen LogP) is 2.31. The summed E-state index contributed by atoms with van der Waals surface area (Å²) in [7, 11) is -0.647. The van der Waals surface area contributed by atoms with Gasteiger partial charge >= 0.3 is 0 Å². The summed E-state index contributed by atoms with van der Waals surface area (Å²) >= 11 is 0. The van der Waals surface area contributed by atoms with E-state index in [9.17, 15) is 4.21 Å². The molecule has 3 heteroatoms. The molecular weight excluding hydrogens is 194 g/mol. The second kappa shape index (κ2) is 8.42. The lowest BCUT2D eigenvalue weighted by atomic mass is 10.1. The Hall–Kier alpha value is 0.110. The van der Waals surface area contributed by atoms with Crippen LogP contribution in [0.2, 0.25) is 0 Å². The van der Waals surface area contributed by atoms with Crippen LogP contribution in [0.1, 0.15) is 46.5 Å². The van der Waals surface area contributed by atoms with E-state index in [1.165, 1.54) is 19.3 Å². The summed E-state index contributed by atoms with van der Waals surface area (Å²) in [5, 5.41) is 3.59. The molecule has 3 atom stereocenters. The molecule has 2 nitrogen and oxygen atoms in total. The van der Waals surface area contributed by atoms with Crippen LogP contribution < -0.4 is 5.32 Å². The van der Waals surface area contributed by atoms with Gasteiger partial charge in [0.05, 0.1) is 0 Å². The Morgan fingerprint density at radius 2 is 1.93 bits per heavy atom. The molecule has 0 aliphatic carbocycles. The van der Waals surface area contributed by atoms with E-state index in [4.69, 9.17) is 0 Å². The van der Waals surface area contributed by atoms with Crippen LogP contribution in [0.4, 0.5) is 0 Å². The monoisotopic (exact) mass is 219 g/mol. The first-order valence-corrected chi connectivity index (χ1v) is 7.38. The van der Waals surface area contributed by atoms with Gasteiger partial charge in [0.2, 0.25) is 0 Å². The fraction of sp³-hybridized carbons (Fsp3) is 1.00. The molecule has 0 heterocycles. The Balaban J connectivity index is 3.66. The van der Waals surface area contributed by atoms with E-state index >= 15 is 0 Å². The zero-order valence-corrected chi connectivity index (χ0v) is 10.8. The highest BCUT2D eigenvalue weighted by Gasteiger charge is 2.09. The van der Waals surface area contributed by atoms with Gasteiger partial charge < -0.3 is 5.32 Å². The zero-order chi connectivity index (χ0) is 11.0. The molecule has 3 unspecified atom stereocenters. The van der Waals surface area contributed by atoms with E-state index in [0.717, 1.165) is 12.2 Å². The minimum Gasteiger partial charge on any atom is -0.311 e. The predicted molar refractivity (Wildman–Crippen MR) is 65.1 cm³/mol. The van der Waals surface area contributed by atoms with Gasteiger partial charge in [0, 0.05) is 34.9 Å². The molecule has 14 heavy (non-hydrogen) atoms. The van der Waals surface area contributed by atoms with Crippen molar-refractivity contribution in [2.45, 2.75) is 58.5 Å². The number of nitrogens with one attached hydrogen (secondary N) is 1. The lowest BCUT2D eigenvalue weighted by Crippen LogP contribution is -2.36. The standard InChI is InChI=1S/C11H25NOS/c1-5-7-11(6-2)12-10(3)8-9-14(4)13/h10-12H,5-9H2,1-4H3. The number of hydrogen-bond donors (Lipinski definition) is 1. The maximum Gasteiger partial charge on any atom is 0.0246 e. The number of rotatable bonds is 8. The molecule has 0 saturated carbocycles. The van der Waals surface area contributed by atoms with Gasteiger partial charge in [-0.2, -0.15) is 0 Å². The second-order valence-electron chi connectivity index (χ2n) is 4.03. The van der Waals surface area contributed by atoms with Crippen molar-refractivity contribution in [1.29, 1.82) is 0 Å². The molecular formula is C11H25NOS. The molecule has 0 radical (unpaired) electrons. The highest BCUT2D eigenvalue weighted by molar-refractivity contribution is 7.84. The first-order chi connectivity index (χ1) is 6.60. The molecule has 0 spiro atoms. The molecule has 0 rings (SSSR count). The molecule has 0 aromatic carbocycles. The smallest absolute Gasteiger partial charge is 0.0246 e. The highest BCUT2D eigenvalue weighted by atomic mass is 32.2. The molecule has 0 aliphatic heterocycles. The van der Waals surface area contributed by atoms with Crippen molar-refractivity contribution in [3.05, 3.63) is 0 Å². The summed E-state index contributed by atoms with van der Waals surface area (Å²) in [5.74, 6) is 0.816. The van der Waals surface area contributed by atoms with Crippen LogP contribution in [0.15, 0.2) is 0 Å². The van der Waals surface area contributed by atoms with Gasteiger partial charge in [-0.1, -0.05) is 20.3 Å². The first-order valence-electron chi connectivity index (χ1n) is 5.66. The van der Waals surface area contributed by atoms with Gasteiger partial charge in [0.1, 0.15) is 0 Å². The normalized spacial score (nSPS) is 17.7. The van der Waals surface area contributed by atoms with Crippen LogP contribution >= 0.6 is 0 Å². The third-order valence-corrected chi connectivity index (χ3v) is 3.30. The Bertz CT molecular complexity index is 161. The Morgan fingerprint density at radius 3 is 2.36 bits per heavy atom. The number of hydrogen-bond acceptors (Lipinski definition) is 2. The SMILES string of the molecule is CCCC(CC)NC(C)CCS(C)=O. The summed E-state index contributed by atoms with van der Waals surface area (Å²) in [6.45, 7) is 6.62. The van der Waals surface area contributed by atoms with E-state index in [-0.39, 0.29) is 0 Å². The van der Waals surface area contributed by atoms with Gasteiger partial charge in [0.25, 0.3) is 0 Å². The quantitative estimate of drug-likeness (QED) is 0.679. The molecule has 0 fully saturated rings. The Morgan fingerprint density at radius 1 is 1.29 bits per heavy atom. The average molecular weight is 219 g/mol. The lowest BCUT2D eigenvalue weighted by Gasteiger charge is -2.21. The Kier molecular flexibility index (Phi) is 8.49. The second-order valence-corrected chi connectivity index (χ2v) is 5.58. The van der Waals surface area contributed by atoms with Gasteiger partial charge in [-0.15, -0.1) is 0 Å². The minimum atomic E-state index is -0.647. The summed E-state index contributed by atoms with van der Waals surface area (Å²) in [5.41, 5.74) is 0. The van der Waals surface area contributed by atoms with Gasteiger partial charge in [-0.3, -0.25) is 4.21 Å². The third-order valence-electron chi connectivity index (χ3n) is 2.49. The lowest BCUT2D eigenvalue weighted by molar-refractivity contribution is 0.404. The van der Waals surface area contributed by atoms with Crippen LogP contribution in [0, 0.1) is 0 Å². The average Bonchev–Trinajstić information content (AvgIpc) is 2.14. The van der Waals surface area contributed by atoms with Crippen LogP contribution in [-0.4, -0.2) is 28.3 Å². The third kappa shape index (κ3) is 7.51. The van der Waals surface area contributed by atoms with Crippen molar-refractivity contribution in [2.75, 3.05) is 12.0 Å². The maximum absolute atomic E-state index is 10.9. The van der Waals surface area contributed by atoms with Crippen molar-refractivity contribution >= 4 is 10.8 Å². The van der Waals surface area contributed by atoms with Crippen molar-refractivity contribution in [2.24, 2.45) is 0 Å². The molecule has 0 aliphatic rings. The van der Waals surface area contributed by atoms with Gasteiger partial charge in [-0.25, -0.2) is 0 Å². The Labute approximate surface area is 91.3 Å². The van der Waals surface area contributed by atoms with E-state index in [2.05, 4.69) is 26.1 Å². The van der Waals surface area contributed by atoms with E-state index in [1.54, 1.807) is 6.26 Å². The molecule has 1 N–H and O–H groups in total. The largest absolute Gasteiger partial charge is 0.311 e. The minimum absolute atomic E-state index is 0.496. The van der Waals surface area contributed by atoms with E-state index in [0.29, 0.717) is 12.1 Å². The molecule has 0 amide bonds. The molecule has 0 bridgehead atoms. The topological polar surface area (TPSA) is 29.1 Å². The summed E-state index contributed by atoms with van der Waals surface area (Å²) in [6, 6.07) is 1.13. The van der Waals surface area contributed by atoms with Crippen molar-refractivity contribution < 1.29 is 4.21 Å². The highest BCUT2D eigenvalue weighted by Crippen LogP contribution is 2.04. The van der Waals surface area contributed by atoms with Gasteiger partial charge in [-0.05, 0) is 26.2 Å².